The number of anilines is 1. The Morgan fingerprint density at radius 2 is 1.78 bits per heavy atom. The van der Waals surface area contributed by atoms with E-state index < -0.39 is 32.2 Å². The molecule has 3 aromatic heterocycles. The number of rotatable bonds is 5. The zero-order valence-electron chi connectivity index (χ0n) is 18.5. The second-order valence-electron chi connectivity index (χ2n) is 8.07. The molecule has 13 heteroatoms. The van der Waals surface area contributed by atoms with Gasteiger partial charge in [-0.1, -0.05) is 25.5 Å². The van der Waals surface area contributed by atoms with Crippen molar-refractivity contribution in [2.24, 2.45) is 0 Å². The molecule has 7 nitrogen and oxygen atoms in total. The van der Waals surface area contributed by atoms with Crippen LogP contribution in [-0.4, -0.2) is 25.1 Å². The minimum Gasteiger partial charge on any atom is -0.322 e. The van der Waals surface area contributed by atoms with Gasteiger partial charge in [0, 0.05) is 53.4 Å². The number of hydrogen-bond acceptors (Lipinski definition) is 4. The SMILES string of the molecule is N#Cc1cc(C(=O)Nc2cccc(-n3ccn4nc(-c5cccnc5)cc34)c2)cc(S(F)(F)(F)(F)F)c1. The van der Waals surface area contributed by atoms with Crippen LogP contribution in [0, 0.1) is 11.3 Å². The number of nitriles is 1. The summed E-state index contributed by atoms with van der Waals surface area (Å²) in [7, 11) is -10.1. The highest BCUT2D eigenvalue weighted by Crippen LogP contribution is 3.02. The van der Waals surface area contributed by atoms with Gasteiger partial charge in [0.25, 0.3) is 5.91 Å². The number of nitrogens with one attached hydrogen (secondary N) is 1. The molecule has 0 atom stereocenters. The number of imidazole rings is 1. The summed E-state index contributed by atoms with van der Waals surface area (Å²) in [6.45, 7) is 0. The molecule has 3 heterocycles. The van der Waals surface area contributed by atoms with Crippen LogP contribution < -0.4 is 5.32 Å². The van der Waals surface area contributed by atoms with Crippen LogP contribution >= 0.6 is 10.2 Å². The Balaban J connectivity index is 1.46. The highest BCUT2D eigenvalue weighted by atomic mass is 32.5. The van der Waals surface area contributed by atoms with Crippen LogP contribution in [0.4, 0.5) is 25.1 Å². The molecule has 0 spiro atoms. The first-order valence-corrected chi connectivity index (χ1v) is 12.4. The van der Waals surface area contributed by atoms with E-state index >= 15 is 0 Å². The highest BCUT2D eigenvalue weighted by Gasteiger charge is 2.65. The molecule has 1 amide bonds. The zero-order valence-corrected chi connectivity index (χ0v) is 19.3. The third-order valence-electron chi connectivity index (χ3n) is 5.40. The molecule has 0 bridgehead atoms. The average Bonchev–Trinajstić information content (AvgIpc) is 3.44. The van der Waals surface area contributed by atoms with E-state index in [2.05, 4.69) is 15.4 Å². The number of hydrogen-bond donors (Lipinski definition) is 1. The maximum absolute atomic E-state index is 13.3. The normalized spacial score (nSPS) is 13.5. The number of pyridine rings is 1. The molecule has 0 radical (unpaired) electrons. The van der Waals surface area contributed by atoms with E-state index in [0.717, 1.165) is 11.6 Å². The Morgan fingerprint density at radius 3 is 2.49 bits per heavy atom. The first kappa shape index (κ1) is 24.0. The molecular formula is C24H15F5N6OS. The molecule has 0 aliphatic carbocycles. The molecule has 1 N–H and O–H groups in total. The fourth-order valence-corrected chi connectivity index (χ4v) is 4.41. The van der Waals surface area contributed by atoms with Crippen LogP contribution in [0.2, 0.25) is 0 Å². The molecular weight excluding hydrogens is 515 g/mol. The van der Waals surface area contributed by atoms with E-state index in [1.807, 2.05) is 12.1 Å². The van der Waals surface area contributed by atoms with E-state index in [1.165, 1.54) is 12.1 Å². The Kier molecular flexibility index (Phi) is 4.96. The molecule has 0 fully saturated rings. The zero-order chi connectivity index (χ0) is 26.5. The first-order chi connectivity index (χ1) is 17.3. The van der Waals surface area contributed by atoms with Gasteiger partial charge in [0.05, 0.1) is 17.3 Å². The van der Waals surface area contributed by atoms with Crippen LogP contribution in [0.1, 0.15) is 15.9 Å². The van der Waals surface area contributed by atoms with Crippen molar-refractivity contribution in [1.29, 1.82) is 5.26 Å². The summed E-state index contributed by atoms with van der Waals surface area (Å²) in [4.78, 5) is 14.5. The van der Waals surface area contributed by atoms with Gasteiger partial charge in [-0.3, -0.25) is 9.78 Å². The van der Waals surface area contributed by atoms with Gasteiger partial charge >= 0.3 is 10.2 Å². The molecule has 0 unspecified atom stereocenters. The van der Waals surface area contributed by atoms with Gasteiger partial charge < -0.3 is 9.88 Å². The minimum atomic E-state index is -10.1. The largest absolute Gasteiger partial charge is 0.322 e. The Morgan fingerprint density at radius 1 is 0.973 bits per heavy atom. The lowest BCUT2D eigenvalue weighted by Gasteiger charge is -2.40. The van der Waals surface area contributed by atoms with Gasteiger partial charge in [-0.25, -0.2) is 4.52 Å². The predicted octanol–water partition coefficient (Wildman–Crippen LogP) is 6.97. The summed E-state index contributed by atoms with van der Waals surface area (Å²) in [5.41, 5.74) is 1.51. The Hall–Kier alpha value is -4.70. The molecule has 37 heavy (non-hydrogen) atoms. The first-order valence-electron chi connectivity index (χ1n) is 10.5. The number of amides is 1. The summed E-state index contributed by atoms with van der Waals surface area (Å²) in [5.74, 6) is -1.08. The summed E-state index contributed by atoms with van der Waals surface area (Å²) < 4.78 is 70.0. The van der Waals surface area contributed by atoms with Gasteiger partial charge in [-0.15, -0.1) is 0 Å². The van der Waals surface area contributed by atoms with Crippen molar-refractivity contribution in [2.75, 3.05) is 5.32 Å². The average molecular weight is 530 g/mol. The molecule has 188 valence electrons. The van der Waals surface area contributed by atoms with Crippen LogP contribution in [0.25, 0.3) is 22.6 Å². The number of carbonyl (C=O) groups excluding carboxylic acids is 1. The van der Waals surface area contributed by atoms with Gasteiger partial charge in [-0.05, 0) is 48.5 Å². The molecule has 5 aromatic rings. The second kappa shape index (κ2) is 7.65. The lowest BCUT2D eigenvalue weighted by molar-refractivity contribution is 0.102. The molecule has 0 saturated carbocycles. The summed E-state index contributed by atoms with van der Waals surface area (Å²) in [6, 6.07) is 14.1. The molecule has 0 saturated heterocycles. The van der Waals surface area contributed by atoms with Crippen LogP contribution in [-0.2, 0) is 0 Å². The lowest BCUT2D eigenvalue weighted by atomic mass is 10.1. The number of carbonyl (C=O) groups is 1. The maximum atomic E-state index is 13.3. The van der Waals surface area contributed by atoms with Crippen molar-refractivity contribution < 1.29 is 24.2 Å². The van der Waals surface area contributed by atoms with Crippen molar-refractivity contribution in [2.45, 2.75) is 4.90 Å². The highest BCUT2D eigenvalue weighted by molar-refractivity contribution is 8.45. The number of fused-ring (bicyclic) bond motifs is 1. The Labute approximate surface area is 206 Å². The third kappa shape index (κ3) is 4.87. The van der Waals surface area contributed by atoms with Crippen molar-refractivity contribution in [3.05, 3.63) is 96.6 Å². The van der Waals surface area contributed by atoms with Gasteiger partial charge in [0.2, 0.25) is 0 Å². The fourth-order valence-electron chi connectivity index (χ4n) is 3.71. The van der Waals surface area contributed by atoms with Crippen LogP contribution in [0.5, 0.6) is 0 Å². The van der Waals surface area contributed by atoms with E-state index in [9.17, 15) is 24.2 Å². The van der Waals surface area contributed by atoms with Crippen molar-refractivity contribution in [1.82, 2.24) is 19.2 Å². The molecule has 5 rings (SSSR count). The Bertz CT molecular complexity index is 1720. The minimum absolute atomic E-state index is 0.0293. The number of nitrogens with zero attached hydrogens (tertiary/aromatic N) is 5. The maximum Gasteiger partial charge on any atom is 0.310 e. The van der Waals surface area contributed by atoms with Crippen LogP contribution in [0.15, 0.2) is 90.3 Å². The quantitative estimate of drug-likeness (QED) is 0.249. The number of benzene rings is 2. The van der Waals surface area contributed by atoms with E-state index in [4.69, 9.17) is 5.26 Å². The van der Waals surface area contributed by atoms with Crippen LogP contribution in [0.3, 0.4) is 0 Å². The summed E-state index contributed by atoms with van der Waals surface area (Å²) >= 11 is 0. The smallest absolute Gasteiger partial charge is 0.310 e. The number of halogens is 5. The molecule has 2 aromatic carbocycles. The predicted molar refractivity (Wildman–Crippen MR) is 128 cm³/mol. The van der Waals surface area contributed by atoms with Gasteiger partial charge in [0.15, 0.2) is 0 Å². The van der Waals surface area contributed by atoms with Crippen molar-refractivity contribution in [3.8, 4) is 23.0 Å². The standard InChI is InChI=1S/C24H15F5N6OS/c25-37(26,27,28,29)21-10-16(14-30)9-18(11-21)24(36)32-19-4-1-5-20(12-19)34-7-8-35-23(34)13-22(33-35)17-3-2-6-31-15-17/h1-13,15H,(H,32,36). The summed E-state index contributed by atoms with van der Waals surface area (Å²) in [5, 5.41) is 15.9. The lowest BCUT2D eigenvalue weighted by Crippen LogP contribution is -2.14. The van der Waals surface area contributed by atoms with Crippen molar-refractivity contribution in [3.63, 3.8) is 0 Å². The third-order valence-corrected chi connectivity index (χ3v) is 6.53. The van der Waals surface area contributed by atoms with E-state index in [-0.39, 0.29) is 17.8 Å². The topological polar surface area (TPSA) is 88.0 Å². The summed E-state index contributed by atoms with van der Waals surface area (Å²) in [6.07, 6.45) is 6.76. The van der Waals surface area contributed by atoms with E-state index in [1.54, 1.807) is 58.1 Å². The second-order valence-corrected chi connectivity index (χ2v) is 10.5. The van der Waals surface area contributed by atoms with Gasteiger partial charge in [0.1, 0.15) is 10.5 Å². The van der Waals surface area contributed by atoms with E-state index in [0.29, 0.717) is 17.0 Å². The number of aromatic nitrogens is 4. The monoisotopic (exact) mass is 530 g/mol. The molecule has 0 aliphatic heterocycles. The molecule has 0 aliphatic rings. The fraction of sp³-hybridized carbons (Fsp3) is 0. The van der Waals surface area contributed by atoms with Gasteiger partial charge in [-0.2, -0.15) is 10.4 Å². The van der Waals surface area contributed by atoms with Crippen molar-refractivity contribution >= 4 is 27.5 Å².